The number of nitrogens with one attached hydrogen (secondary N) is 1. The molecule has 0 aliphatic rings. The first-order valence-electron chi connectivity index (χ1n) is 7.06. The van der Waals surface area contributed by atoms with Crippen molar-refractivity contribution in [3.05, 3.63) is 63.5 Å². The lowest BCUT2D eigenvalue weighted by Crippen LogP contribution is -2.31. The molecule has 23 heavy (non-hydrogen) atoms. The van der Waals surface area contributed by atoms with Crippen molar-refractivity contribution in [3.63, 3.8) is 0 Å². The molecule has 3 rings (SSSR count). The number of amides is 1. The molecule has 1 N–H and O–H groups in total. The molecular formula is C16H15N3O3S. The fourth-order valence-electron chi connectivity index (χ4n) is 2.10. The molecule has 0 aliphatic carbocycles. The maximum atomic E-state index is 12.0. The van der Waals surface area contributed by atoms with Crippen molar-refractivity contribution in [1.29, 1.82) is 0 Å². The summed E-state index contributed by atoms with van der Waals surface area (Å²) >= 11 is 1.42. The van der Waals surface area contributed by atoms with Crippen LogP contribution in [-0.4, -0.2) is 15.7 Å². The number of nitrogens with zero attached hydrogens (tertiary/aromatic N) is 2. The molecule has 2 heterocycles. The summed E-state index contributed by atoms with van der Waals surface area (Å²) in [5.41, 5.74) is 2.14. The third-order valence-electron chi connectivity index (χ3n) is 3.37. The highest BCUT2D eigenvalue weighted by molar-refractivity contribution is 7.13. The molecule has 0 radical (unpaired) electrons. The van der Waals surface area contributed by atoms with E-state index in [1.165, 1.54) is 11.3 Å². The van der Waals surface area contributed by atoms with Gasteiger partial charge in [-0.1, -0.05) is 30.3 Å². The van der Waals surface area contributed by atoms with Gasteiger partial charge in [-0.15, -0.1) is 16.4 Å². The van der Waals surface area contributed by atoms with Crippen molar-refractivity contribution in [1.82, 2.24) is 15.1 Å². The third-order valence-corrected chi connectivity index (χ3v) is 4.23. The zero-order chi connectivity index (χ0) is 16.2. The zero-order valence-corrected chi connectivity index (χ0v) is 13.3. The molecule has 0 unspecified atom stereocenters. The maximum absolute atomic E-state index is 12.0. The van der Waals surface area contributed by atoms with Gasteiger partial charge in [-0.2, -0.15) is 4.68 Å². The molecule has 6 nitrogen and oxygen atoms in total. The predicted octanol–water partition coefficient (Wildman–Crippen LogP) is 2.19. The monoisotopic (exact) mass is 329 g/mol. The van der Waals surface area contributed by atoms with Gasteiger partial charge in [0.15, 0.2) is 0 Å². The van der Waals surface area contributed by atoms with Crippen LogP contribution in [0.1, 0.15) is 11.1 Å². The van der Waals surface area contributed by atoms with E-state index < -0.39 is 5.76 Å². The Hall–Kier alpha value is -2.67. The third kappa shape index (κ3) is 3.57. The first-order chi connectivity index (χ1) is 11.1. The van der Waals surface area contributed by atoms with Crippen LogP contribution in [0.3, 0.4) is 0 Å². The smallest absolute Gasteiger partial charge is 0.387 e. The predicted molar refractivity (Wildman–Crippen MR) is 87.1 cm³/mol. The maximum Gasteiger partial charge on any atom is 0.437 e. The van der Waals surface area contributed by atoms with Gasteiger partial charge < -0.3 is 9.73 Å². The molecule has 0 spiro atoms. The van der Waals surface area contributed by atoms with E-state index in [1.54, 1.807) is 6.07 Å². The fourth-order valence-corrected chi connectivity index (χ4v) is 2.74. The number of aryl methyl sites for hydroxylation is 1. The van der Waals surface area contributed by atoms with Crippen LogP contribution in [0.15, 0.2) is 51.0 Å². The molecule has 118 valence electrons. The molecule has 0 bridgehead atoms. The summed E-state index contributed by atoms with van der Waals surface area (Å²) in [6, 6.07) is 11.4. The quantitative estimate of drug-likeness (QED) is 0.778. The fraction of sp³-hybridized carbons (Fsp3) is 0.188. The van der Waals surface area contributed by atoms with E-state index in [0.717, 1.165) is 20.7 Å². The molecule has 0 fully saturated rings. The zero-order valence-electron chi connectivity index (χ0n) is 12.5. The molecule has 2 aromatic heterocycles. The van der Waals surface area contributed by atoms with Crippen LogP contribution in [0.5, 0.6) is 0 Å². The number of benzene rings is 1. The number of aromatic nitrogens is 2. The second-order valence-electron chi connectivity index (χ2n) is 5.01. The van der Waals surface area contributed by atoms with Crippen LogP contribution >= 0.6 is 11.3 Å². The van der Waals surface area contributed by atoms with E-state index in [-0.39, 0.29) is 18.3 Å². The summed E-state index contributed by atoms with van der Waals surface area (Å²) < 4.78 is 6.10. The van der Waals surface area contributed by atoms with Crippen molar-refractivity contribution < 1.29 is 9.21 Å². The minimum absolute atomic E-state index is 0.167. The van der Waals surface area contributed by atoms with E-state index in [1.807, 2.05) is 42.6 Å². The molecular weight excluding hydrogens is 314 g/mol. The summed E-state index contributed by atoms with van der Waals surface area (Å²) in [7, 11) is 0. The first-order valence-corrected chi connectivity index (χ1v) is 7.94. The molecule has 3 aromatic rings. The topological polar surface area (TPSA) is 77.1 Å². The van der Waals surface area contributed by atoms with Crippen molar-refractivity contribution in [2.75, 3.05) is 0 Å². The highest BCUT2D eigenvalue weighted by Crippen LogP contribution is 2.20. The minimum Gasteiger partial charge on any atom is -0.387 e. The Labute approximate surface area is 136 Å². The molecule has 7 heteroatoms. The molecule has 0 atom stereocenters. The second kappa shape index (κ2) is 6.62. The van der Waals surface area contributed by atoms with E-state index in [4.69, 9.17) is 4.42 Å². The average Bonchev–Trinajstić information content (AvgIpc) is 3.17. The van der Waals surface area contributed by atoms with Crippen LogP contribution < -0.4 is 11.1 Å². The van der Waals surface area contributed by atoms with Gasteiger partial charge in [0.1, 0.15) is 6.54 Å². The van der Waals surface area contributed by atoms with Crippen molar-refractivity contribution >= 4 is 17.2 Å². The molecule has 1 amide bonds. The number of thiophene rings is 1. The Bertz CT molecular complexity index is 865. The minimum atomic E-state index is -0.639. The van der Waals surface area contributed by atoms with E-state index in [9.17, 15) is 9.59 Å². The number of carbonyl (C=O) groups is 1. The van der Waals surface area contributed by atoms with Gasteiger partial charge in [-0.25, -0.2) is 4.79 Å². The van der Waals surface area contributed by atoms with Crippen LogP contribution in [0.4, 0.5) is 0 Å². The van der Waals surface area contributed by atoms with Gasteiger partial charge >= 0.3 is 5.76 Å². The molecule has 0 aliphatic heterocycles. The van der Waals surface area contributed by atoms with Crippen LogP contribution in [0, 0.1) is 6.92 Å². The Kier molecular flexibility index (Phi) is 4.38. The van der Waals surface area contributed by atoms with E-state index in [0.29, 0.717) is 6.54 Å². The summed E-state index contributed by atoms with van der Waals surface area (Å²) in [5.74, 6) is -0.697. The number of hydrogen-bond donors (Lipinski definition) is 1. The lowest BCUT2D eigenvalue weighted by atomic mass is 10.1. The highest BCUT2D eigenvalue weighted by Gasteiger charge is 2.13. The second-order valence-corrected chi connectivity index (χ2v) is 5.96. The average molecular weight is 329 g/mol. The lowest BCUT2D eigenvalue weighted by molar-refractivity contribution is -0.122. The van der Waals surface area contributed by atoms with Crippen molar-refractivity contribution in [2.45, 2.75) is 20.0 Å². The number of hydrogen-bond acceptors (Lipinski definition) is 5. The Morgan fingerprint density at radius 3 is 2.87 bits per heavy atom. The molecule has 1 aromatic carbocycles. The van der Waals surface area contributed by atoms with Crippen molar-refractivity contribution in [2.24, 2.45) is 0 Å². The van der Waals surface area contributed by atoms with Gasteiger partial charge in [-0.3, -0.25) is 4.79 Å². The van der Waals surface area contributed by atoms with Gasteiger partial charge in [0.2, 0.25) is 5.91 Å². The van der Waals surface area contributed by atoms with E-state index in [2.05, 4.69) is 10.4 Å². The number of carbonyl (C=O) groups excluding carboxylic acids is 1. The highest BCUT2D eigenvalue weighted by atomic mass is 32.1. The van der Waals surface area contributed by atoms with Crippen LogP contribution in [-0.2, 0) is 17.9 Å². The number of rotatable bonds is 5. The van der Waals surface area contributed by atoms with Gasteiger partial charge in [0, 0.05) is 6.54 Å². The summed E-state index contributed by atoms with van der Waals surface area (Å²) in [4.78, 5) is 24.5. The Morgan fingerprint density at radius 1 is 1.30 bits per heavy atom. The van der Waals surface area contributed by atoms with Crippen molar-refractivity contribution in [3.8, 4) is 10.8 Å². The Balaban J connectivity index is 1.64. The van der Waals surface area contributed by atoms with Gasteiger partial charge in [-0.05, 0) is 29.5 Å². The van der Waals surface area contributed by atoms with Gasteiger partial charge in [0.25, 0.3) is 5.89 Å². The first kappa shape index (κ1) is 15.2. The van der Waals surface area contributed by atoms with Gasteiger partial charge in [0.05, 0.1) is 4.88 Å². The summed E-state index contributed by atoms with van der Waals surface area (Å²) in [6.07, 6.45) is 0. The largest absolute Gasteiger partial charge is 0.437 e. The summed E-state index contributed by atoms with van der Waals surface area (Å²) in [5, 5.41) is 8.70. The Morgan fingerprint density at radius 2 is 2.13 bits per heavy atom. The van der Waals surface area contributed by atoms with E-state index >= 15 is 0 Å². The SMILES string of the molecule is Cc1ccccc1CNC(=O)Cn1nc(-c2cccs2)oc1=O. The molecule has 0 saturated heterocycles. The van der Waals surface area contributed by atoms with Crippen LogP contribution in [0.25, 0.3) is 10.8 Å². The summed E-state index contributed by atoms with van der Waals surface area (Å²) in [6.45, 7) is 2.23. The van der Waals surface area contributed by atoms with Crippen LogP contribution in [0.2, 0.25) is 0 Å². The normalized spacial score (nSPS) is 10.7. The standard InChI is InChI=1S/C16H15N3O3S/c1-11-5-2-3-6-12(11)9-17-14(20)10-19-16(21)22-15(18-19)13-7-4-8-23-13/h2-8H,9-10H2,1H3,(H,17,20). The lowest BCUT2D eigenvalue weighted by Gasteiger charge is -2.07. The molecule has 0 saturated carbocycles.